The molecule has 2 heterocycles. The van der Waals surface area contributed by atoms with Crippen LogP contribution < -0.4 is 14.7 Å². The summed E-state index contributed by atoms with van der Waals surface area (Å²) < 4.78 is 0. The van der Waals surface area contributed by atoms with Crippen LogP contribution in [0, 0.1) is 20.8 Å². The third kappa shape index (κ3) is 3.65. The summed E-state index contributed by atoms with van der Waals surface area (Å²) >= 11 is 6.21. The van der Waals surface area contributed by atoms with Gasteiger partial charge in [-0.25, -0.2) is 4.90 Å². The average molecular weight is 413 g/mol. The molecule has 4 rings (SSSR count). The second-order valence-electron chi connectivity index (χ2n) is 8.12. The number of amides is 2. The van der Waals surface area contributed by atoms with Crippen molar-refractivity contribution in [1.82, 2.24) is 0 Å². The molecule has 0 aromatic heterocycles. The van der Waals surface area contributed by atoms with Crippen LogP contribution in [0.2, 0.25) is 5.02 Å². The topological polar surface area (TPSA) is 45.1 Å². The van der Waals surface area contributed by atoms with Gasteiger partial charge in [0, 0.05) is 10.7 Å². The number of carbonyl (C=O) groups excluding carboxylic acids is 2. The van der Waals surface area contributed by atoms with Gasteiger partial charge < -0.3 is 9.80 Å². The monoisotopic (exact) mass is 412 g/mol. The number of imide groups is 1. The van der Waals surface area contributed by atoms with Crippen molar-refractivity contribution >= 4 is 34.8 Å². The van der Waals surface area contributed by atoms with E-state index in [9.17, 15) is 9.59 Å². The number of quaternary nitrogens is 1. The molecule has 0 unspecified atom stereocenters. The van der Waals surface area contributed by atoms with Crippen molar-refractivity contribution in [3.8, 4) is 0 Å². The smallest absolute Gasteiger partial charge is 0.292 e. The van der Waals surface area contributed by atoms with Crippen molar-refractivity contribution in [1.29, 1.82) is 0 Å². The molecular formula is C23H27ClN3O2+. The second-order valence-corrected chi connectivity index (χ2v) is 8.53. The third-order valence-electron chi connectivity index (χ3n) is 6.38. The predicted molar refractivity (Wildman–Crippen MR) is 116 cm³/mol. The lowest BCUT2D eigenvalue weighted by Crippen LogP contribution is -3.19. The minimum absolute atomic E-state index is 0.106. The molecule has 2 amide bonds. The summed E-state index contributed by atoms with van der Waals surface area (Å²) in [5, 5.41) is 0.570. The highest BCUT2D eigenvalue weighted by Crippen LogP contribution is 2.27. The molecule has 0 aliphatic carbocycles. The summed E-state index contributed by atoms with van der Waals surface area (Å²) in [4.78, 5) is 30.6. The maximum Gasteiger partial charge on any atom is 0.292 e. The molecule has 0 saturated carbocycles. The summed E-state index contributed by atoms with van der Waals surface area (Å²) in [7, 11) is 0. The lowest BCUT2D eigenvalue weighted by molar-refractivity contribution is -0.915. The lowest BCUT2D eigenvalue weighted by atomic mass is 10.1. The van der Waals surface area contributed by atoms with Crippen LogP contribution in [-0.2, 0) is 9.59 Å². The van der Waals surface area contributed by atoms with Crippen LogP contribution in [0.4, 0.5) is 11.4 Å². The zero-order valence-corrected chi connectivity index (χ0v) is 17.9. The number of piperazine rings is 1. The molecule has 6 heteroatoms. The zero-order chi connectivity index (χ0) is 20.7. The highest BCUT2D eigenvalue weighted by molar-refractivity contribution is 6.32. The molecule has 1 atom stereocenters. The van der Waals surface area contributed by atoms with Gasteiger partial charge in [-0.1, -0.05) is 29.8 Å². The highest BCUT2D eigenvalue weighted by atomic mass is 35.5. The molecule has 0 spiro atoms. The van der Waals surface area contributed by atoms with Crippen LogP contribution in [0.1, 0.15) is 23.1 Å². The molecule has 29 heavy (non-hydrogen) atoms. The van der Waals surface area contributed by atoms with E-state index in [0.29, 0.717) is 10.7 Å². The molecule has 2 saturated heterocycles. The Hall–Kier alpha value is -2.37. The molecular weight excluding hydrogens is 386 g/mol. The van der Waals surface area contributed by atoms with Gasteiger partial charge in [0.05, 0.1) is 38.3 Å². The first-order valence-electron chi connectivity index (χ1n) is 10.2. The normalized spacial score (nSPS) is 20.6. The minimum Gasteiger partial charge on any atom is -0.360 e. The molecule has 0 radical (unpaired) electrons. The lowest BCUT2D eigenvalue weighted by Gasteiger charge is -2.36. The Morgan fingerprint density at radius 1 is 1.00 bits per heavy atom. The van der Waals surface area contributed by atoms with Gasteiger partial charge in [0.2, 0.25) is 5.91 Å². The number of benzene rings is 2. The van der Waals surface area contributed by atoms with E-state index in [1.165, 1.54) is 26.6 Å². The van der Waals surface area contributed by atoms with E-state index in [1.807, 2.05) is 13.0 Å². The van der Waals surface area contributed by atoms with E-state index in [-0.39, 0.29) is 24.3 Å². The van der Waals surface area contributed by atoms with Crippen molar-refractivity contribution in [2.45, 2.75) is 33.2 Å². The predicted octanol–water partition coefficient (Wildman–Crippen LogP) is 2.30. The van der Waals surface area contributed by atoms with E-state index in [0.717, 1.165) is 31.7 Å². The quantitative estimate of drug-likeness (QED) is 0.787. The number of nitrogens with one attached hydrogen (secondary N) is 1. The Labute approximate surface area is 176 Å². The number of carbonyl (C=O) groups is 2. The number of anilines is 2. The molecule has 2 fully saturated rings. The van der Waals surface area contributed by atoms with Crippen LogP contribution in [0.3, 0.4) is 0 Å². The summed E-state index contributed by atoms with van der Waals surface area (Å²) in [5.74, 6) is -0.241. The number of halogens is 1. The maximum atomic E-state index is 13.1. The fraction of sp³-hybridized carbons (Fsp3) is 0.391. The highest BCUT2D eigenvalue weighted by Gasteiger charge is 2.46. The number of rotatable bonds is 3. The number of hydrogen-bond acceptors (Lipinski definition) is 3. The Balaban J connectivity index is 1.46. The van der Waals surface area contributed by atoms with Crippen LogP contribution in [0.25, 0.3) is 0 Å². The average Bonchev–Trinajstić information content (AvgIpc) is 3.00. The van der Waals surface area contributed by atoms with E-state index in [4.69, 9.17) is 11.6 Å². The van der Waals surface area contributed by atoms with Crippen molar-refractivity contribution in [3.05, 3.63) is 58.1 Å². The maximum absolute atomic E-state index is 13.1. The van der Waals surface area contributed by atoms with Crippen LogP contribution in [-0.4, -0.2) is 44.0 Å². The first kappa shape index (κ1) is 19.9. The number of hydrogen-bond donors (Lipinski definition) is 1. The van der Waals surface area contributed by atoms with E-state index >= 15 is 0 Å². The van der Waals surface area contributed by atoms with Gasteiger partial charge in [0.15, 0.2) is 6.04 Å². The van der Waals surface area contributed by atoms with Crippen molar-refractivity contribution in [3.63, 3.8) is 0 Å². The molecule has 2 aromatic carbocycles. The molecule has 1 N–H and O–H groups in total. The standard InChI is InChI=1S/C23H26ClN3O2/c1-15-5-4-6-20(17(15)3)25-9-11-26(12-10-25)21-14-22(28)27(23(21)29)18-8-7-16(2)19(24)13-18/h4-8,13,21H,9-12,14H2,1-3H3/p+1/t21-/m0/s1. The third-order valence-corrected chi connectivity index (χ3v) is 6.78. The summed E-state index contributed by atoms with van der Waals surface area (Å²) in [6.45, 7) is 9.66. The second kappa shape index (κ2) is 7.81. The fourth-order valence-corrected chi connectivity index (χ4v) is 4.58. The van der Waals surface area contributed by atoms with E-state index < -0.39 is 0 Å². The van der Waals surface area contributed by atoms with Crippen LogP contribution in [0.15, 0.2) is 36.4 Å². The van der Waals surface area contributed by atoms with Crippen LogP contribution >= 0.6 is 11.6 Å². The summed E-state index contributed by atoms with van der Waals surface area (Å²) in [5.41, 5.74) is 5.38. The zero-order valence-electron chi connectivity index (χ0n) is 17.2. The molecule has 2 aliphatic heterocycles. The fourth-order valence-electron chi connectivity index (χ4n) is 4.40. The Bertz CT molecular complexity index is 967. The first-order chi connectivity index (χ1) is 13.9. The molecule has 2 aromatic rings. The van der Waals surface area contributed by atoms with E-state index in [2.05, 4.69) is 36.9 Å². The van der Waals surface area contributed by atoms with E-state index in [1.54, 1.807) is 12.1 Å². The van der Waals surface area contributed by atoms with Gasteiger partial charge in [-0.15, -0.1) is 0 Å². The van der Waals surface area contributed by atoms with Gasteiger partial charge in [0.1, 0.15) is 0 Å². The Morgan fingerprint density at radius 2 is 1.72 bits per heavy atom. The molecule has 152 valence electrons. The molecule has 2 aliphatic rings. The van der Waals surface area contributed by atoms with Crippen LogP contribution in [0.5, 0.6) is 0 Å². The van der Waals surface area contributed by atoms with Crippen molar-refractivity contribution in [2.75, 3.05) is 36.0 Å². The molecule has 5 nitrogen and oxygen atoms in total. The minimum atomic E-state index is -0.302. The molecule has 0 bridgehead atoms. The number of nitrogens with zero attached hydrogens (tertiary/aromatic N) is 2. The van der Waals surface area contributed by atoms with Crippen molar-refractivity contribution < 1.29 is 14.5 Å². The van der Waals surface area contributed by atoms with Gasteiger partial charge in [0.25, 0.3) is 5.91 Å². The number of aryl methyl sites for hydroxylation is 2. The SMILES string of the molecule is Cc1ccc(N2C(=O)C[C@H]([NH+]3CCN(c4cccc(C)c4C)CC3)C2=O)cc1Cl. The Morgan fingerprint density at radius 3 is 2.41 bits per heavy atom. The van der Waals surface area contributed by atoms with Gasteiger partial charge in [-0.05, 0) is 55.7 Å². The van der Waals surface area contributed by atoms with Crippen molar-refractivity contribution in [2.24, 2.45) is 0 Å². The van der Waals surface area contributed by atoms with Gasteiger partial charge in [-0.2, -0.15) is 0 Å². The van der Waals surface area contributed by atoms with Gasteiger partial charge >= 0.3 is 0 Å². The first-order valence-corrected chi connectivity index (χ1v) is 10.5. The largest absolute Gasteiger partial charge is 0.360 e. The summed E-state index contributed by atoms with van der Waals surface area (Å²) in [6, 6.07) is 11.5. The Kier molecular flexibility index (Phi) is 5.36. The van der Waals surface area contributed by atoms with Gasteiger partial charge in [-0.3, -0.25) is 9.59 Å². The summed E-state index contributed by atoms with van der Waals surface area (Å²) in [6.07, 6.45) is 0.267.